The van der Waals surface area contributed by atoms with E-state index in [-0.39, 0.29) is 10.8 Å². The van der Waals surface area contributed by atoms with Gasteiger partial charge in [-0.25, -0.2) is 5.21 Å². The van der Waals surface area contributed by atoms with Gasteiger partial charge < -0.3 is 14.4 Å². The summed E-state index contributed by atoms with van der Waals surface area (Å²) in [7, 11) is -1.37. The number of benzene rings is 3. The molecule has 1 unspecified atom stereocenters. The van der Waals surface area contributed by atoms with Crippen LogP contribution in [0.4, 0.5) is 11.4 Å². The highest BCUT2D eigenvalue weighted by molar-refractivity contribution is 7.98. The molecule has 3 aromatic carbocycles. The lowest BCUT2D eigenvalue weighted by molar-refractivity contribution is -0.00444. The fourth-order valence-corrected chi connectivity index (χ4v) is 5.23. The molecule has 0 spiro atoms. The Bertz CT molecular complexity index is 1360. The molecule has 10 heteroatoms. The van der Waals surface area contributed by atoms with Gasteiger partial charge in [0.05, 0.1) is 12.8 Å². The highest BCUT2D eigenvalue weighted by atomic mass is 32.2. The Morgan fingerprint density at radius 1 is 1.09 bits per heavy atom. The van der Waals surface area contributed by atoms with Crippen molar-refractivity contribution in [2.24, 2.45) is 0 Å². The van der Waals surface area contributed by atoms with E-state index in [1.165, 1.54) is 24.9 Å². The number of hydrogen-bond donors (Lipinski definition) is 2. The zero-order valence-electron chi connectivity index (χ0n) is 17.9. The van der Waals surface area contributed by atoms with E-state index in [1.54, 1.807) is 60.7 Å². The molecule has 0 aliphatic rings. The molecule has 0 fully saturated rings. The highest BCUT2D eigenvalue weighted by Gasteiger charge is 2.22. The van der Waals surface area contributed by atoms with Crippen LogP contribution in [-0.4, -0.2) is 27.8 Å². The third kappa shape index (κ3) is 5.32. The van der Waals surface area contributed by atoms with Crippen LogP contribution in [0.25, 0.3) is 11.0 Å². The van der Waals surface area contributed by atoms with Gasteiger partial charge in [0.2, 0.25) is 5.09 Å². The second-order valence-electron chi connectivity index (χ2n) is 7.41. The van der Waals surface area contributed by atoms with Crippen LogP contribution in [-0.2, 0) is 15.8 Å². The third-order valence-corrected chi connectivity index (χ3v) is 7.25. The summed E-state index contributed by atoms with van der Waals surface area (Å²) < 4.78 is 39.5. The number of thioether (sulfide) groups is 1. The first-order valence-corrected chi connectivity index (χ1v) is 12.3. The number of ether oxygens (including phenoxy) is 1. The third-order valence-electron chi connectivity index (χ3n) is 4.88. The van der Waals surface area contributed by atoms with Crippen LogP contribution in [0.5, 0.6) is 5.75 Å². The number of methoxy groups -OCH3 is 1. The highest BCUT2D eigenvalue weighted by Crippen LogP contribution is 2.35. The molecule has 4 aromatic rings. The monoisotopic (exact) mass is 486 g/mol. The quantitative estimate of drug-likeness (QED) is 0.196. The molecule has 2 N–H and O–H groups in total. The molecular weight excluding hydrogens is 464 g/mol. The molecule has 0 bridgehead atoms. The number of rotatable bonds is 8. The van der Waals surface area contributed by atoms with E-state index >= 15 is 0 Å². The fraction of sp³-hybridized carbons (Fsp3) is 0.130. The number of sulfonamides is 1. The number of fused-ring (bicyclic) bond motifs is 1. The summed E-state index contributed by atoms with van der Waals surface area (Å²) in [5.74, 6) is 0.933. The Hall–Kier alpha value is -3.02. The summed E-state index contributed by atoms with van der Waals surface area (Å²) in [6.07, 6.45) is 0. The zero-order valence-corrected chi connectivity index (χ0v) is 19.5. The van der Waals surface area contributed by atoms with Gasteiger partial charge in [-0.1, -0.05) is 30.3 Å². The molecule has 8 nitrogen and oxygen atoms in total. The first-order chi connectivity index (χ1) is 15.7. The lowest BCUT2D eigenvalue weighted by atomic mass is 10.2. The summed E-state index contributed by atoms with van der Waals surface area (Å²) in [6.45, 7) is 0. The average Bonchev–Trinajstić information content (AvgIpc) is 3.23. The summed E-state index contributed by atoms with van der Waals surface area (Å²) in [5.41, 5.74) is 1.82. The average molecular weight is 487 g/mol. The van der Waals surface area contributed by atoms with Crippen molar-refractivity contribution in [1.82, 2.24) is 4.81 Å². The van der Waals surface area contributed by atoms with E-state index in [9.17, 15) is 18.8 Å². The second-order valence-corrected chi connectivity index (χ2v) is 10.0. The maximum absolute atomic E-state index is 13.0. The molecular formula is C23H22N2O6S2. The molecule has 0 aliphatic heterocycles. The van der Waals surface area contributed by atoms with Crippen LogP contribution in [0.3, 0.4) is 0 Å². The molecule has 33 heavy (non-hydrogen) atoms. The van der Waals surface area contributed by atoms with Gasteiger partial charge in [0.1, 0.15) is 18.4 Å². The molecule has 0 radical (unpaired) electrons. The van der Waals surface area contributed by atoms with E-state index in [0.29, 0.717) is 33.1 Å². The maximum Gasteiger partial charge on any atom is 0.295 e. The van der Waals surface area contributed by atoms with E-state index < -0.39 is 14.8 Å². The lowest BCUT2D eigenvalue weighted by Crippen LogP contribution is -2.33. The molecule has 0 saturated carbocycles. The van der Waals surface area contributed by atoms with Crippen molar-refractivity contribution in [2.75, 3.05) is 18.9 Å². The maximum atomic E-state index is 13.0. The SMILES string of the molecule is COc1ccc(SCc2cccc([N+](C)([O-])O)c2)c(NS(=O)(=O)c2cc3ccccc3o2)c1. The van der Waals surface area contributed by atoms with Crippen LogP contribution in [0, 0.1) is 5.21 Å². The Morgan fingerprint density at radius 2 is 1.88 bits per heavy atom. The van der Waals surface area contributed by atoms with E-state index in [0.717, 1.165) is 12.6 Å². The summed E-state index contributed by atoms with van der Waals surface area (Å²) >= 11 is 1.38. The van der Waals surface area contributed by atoms with Gasteiger partial charge in [-0.3, -0.25) is 4.72 Å². The number of para-hydroxylation sites is 1. The number of hydroxylamine groups is 2. The molecule has 172 valence electrons. The Kier molecular flexibility index (Phi) is 6.37. The molecule has 0 amide bonds. The minimum Gasteiger partial charge on any atom is -0.593 e. The van der Waals surface area contributed by atoms with Gasteiger partial charge in [0.15, 0.2) is 5.69 Å². The Morgan fingerprint density at radius 3 is 2.61 bits per heavy atom. The van der Waals surface area contributed by atoms with Crippen molar-refractivity contribution in [3.8, 4) is 5.75 Å². The molecule has 4 rings (SSSR count). The van der Waals surface area contributed by atoms with E-state index in [4.69, 9.17) is 9.15 Å². The minimum atomic E-state index is -3.99. The summed E-state index contributed by atoms with van der Waals surface area (Å²) in [4.78, 5) is -0.867. The van der Waals surface area contributed by atoms with Gasteiger partial charge >= 0.3 is 0 Å². The largest absolute Gasteiger partial charge is 0.593 e. The fourth-order valence-electron chi connectivity index (χ4n) is 3.19. The van der Waals surface area contributed by atoms with Gasteiger partial charge in [0, 0.05) is 40.3 Å². The van der Waals surface area contributed by atoms with Crippen molar-refractivity contribution < 1.29 is 22.8 Å². The van der Waals surface area contributed by atoms with Gasteiger partial charge in [-0.15, -0.1) is 11.8 Å². The molecule has 1 heterocycles. The molecule has 1 aromatic heterocycles. The van der Waals surface area contributed by atoms with Crippen LogP contribution < -0.4 is 14.3 Å². The van der Waals surface area contributed by atoms with Crippen LogP contribution in [0.2, 0.25) is 0 Å². The van der Waals surface area contributed by atoms with E-state index in [2.05, 4.69) is 4.72 Å². The van der Waals surface area contributed by atoms with E-state index in [1.807, 2.05) is 6.07 Å². The smallest absolute Gasteiger partial charge is 0.295 e. The normalized spacial score (nSPS) is 13.6. The van der Waals surface area contributed by atoms with Crippen LogP contribution >= 0.6 is 11.8 Å². The molecule has 1 atom stereocenters. The van der Waals surface area contributed by atoms with Crippen molar-refractivity contribution in [1.29, 1.82) is 0 Å². The van der Waals surface area contributed by atoms with Crippen molar-refractivity contribution in [3.63, 3.8) is 0 Å². The van der Waals surface area contributed by atoms with Crippen molar-refractivity contribution in [3.05, 3.63) is 83.6 Å². The predicted octanol–water partition coefficient (Wildman–Crippen LogP) is 5.36. The number of nitrogens with zero attached hydrogens (tertiary/aromatic N) is 1. The molecule has 0 aliphatic carbocycles. The van der Waals surface area contributed by atoms with Gasteiger partial charge in [-0.05, 0) is 23.8 Å². The van der Waals surface area contributed by atoms with Gasteiger partial charge in [0.25, 0.3) is 10.0 Å². The number of furan rings is 1. The van der Waals surface area contributed by atoms with Crippen LogP contribution in [0.1, 0.15) is 5.56 Å². The number of nitrogens with one attached hydrogen (secondary N) is 1. The van der Waals surface area contributed by atoms with Crippen molar-refractivity contribution >= 4 is 44.1 Å². The zero-order chi connectivity index (χ0) is 23.6. The summed E-state index contributed by atoms with van der Waals surface area (Å²) in [6, 6.07) is 20.3. The first kappa shape index (κ1) is 23.1. The lowest BCUT2D eigenvalue weighted by Gasteiger charge is -2.28. The number of anilines is 1. The van der Waals surface area contributed by atoms with Crippen LogP contribution in [0.15, 0.2) is 87.2 Å². The number of hydrogen-bond acceptors (Lipinski definition) is 7. The number of quaternary nitrogens is 1. The second kappa shape index (κ2) is 9.08. The minimum absolute atomic E-state index is 0.189. The molecule has 0 saturated heterocycles. The first-order valence-electron chi connectivity index (χ1n) is 9.88. The van der Waals surface area contributed by atoms with Gasteiger partial charge in [-0.2, -0.15) is 13.2 Å². The predicted molar refractivity (Wildman–Crippen MR) is 129 cm³/mol. The topological polar surface area (TPSA) is 112 Å². The van der Waals surface area contributed by atoms with Crippen molar-refractivity contribution in [2.45, 2.75) is 15.7 Å². The standard InChI is InChI=1S/C23H22N2O6S2/c1-25(26,27)18-8-5-6-16(12-18)15-32-22-11-10-19(30-2)14-20(22)24-33(28,29)23-13-17-7-3-4-9-21(17)31-23/h3-14,24,26H,15H2,1-2H3. The Balaban J connectivity index is 1.61. The summed E-state index contributed by atoms with van der Waals surface area (Å²) in [5, 5.41) is 22.0. The Labute approximate surface area is 195 Å².